The standard InChI is InChI=1S/C15H17NO3S/c1-15(2)7-13(18)16(14(19)8-15)9-12-6-11(10-20-12)4-3-5-17/h6,10,17H,5,7-9H2,1-2H3. The summed E-state index contributed by atoms with van der Waals surface area (Å²) in [4.78, 5) is 26.4. The quantitative estimate of drug-likeness (QED) is 0.667. The van der Waals surface area contributed by atoms with Crippen LogP contribution in [0.15, 0.2) is 11.4 Å². The van der Waals surface area contributed by atoms with Gasteiger partial charge < -0.3 is 5.11 Å². The number of thiophene rings is 1. The van der Waals surface area contributed by atoms with Gasteiger partial charge in [-0.1, -0.05) is 25.7 Å². The van der Waals surface area contributed by atoms with Gasteiger partial charge in [-0.2, -0.15) is 0 Å². The van der Waals surface area contributed by atoms with Crippen LogP contribution in [0, 0.1) is 17.3 Å². The summed E-state index contributed by atoms with van der Waals surface area (Å²) in [7, 11) is 0. The molecule has 1 aliphatic rings. The predicted octanol–water partition coefficient (Wildman–Crippen LogP) is 1.77. The van der Waals surface area contributed by atoms with E-state index in [1.54, 1.807) is 0 Å². The lowest BCUT2D eigenvalue weighted by Gasteiger charge is -2.34. The van der Waals surface area contributed by atoms with Crippen LogP contribution >= 0.6 is 11.3 Å². The molecule has 0 saturated carbocycles. The number of likely N-dealkylation sites (tertiary alicyclic amines) is 1. The van der Waals surface area contributed by atoms with Crippen LogP contribution in [-0.2, 0) is 16.1 Å². The van der Waals surface area contributed by atoms with Gasteiger partial charge in [-0.05, 0) is 11.5 Å². The maximum atomic E-state index is 12.1. The topological polar surface area (TPSA) is 57.6 Å². The maximum Gasteiger partial charge on any atom is 0.230 e. The fraction of sp³-hybridized carbons (Fsp3) is 0.467. The van der Waals surface area contributed by atoms with Gasteiger partial charge in [0.15, 0.2) is 0 Å². The summed E-state index contributed by atoms with van der Waals surface area (Å²) in [5, 5.41) is 10.5. The number of rotatable bonds is 2. The van der Waals surface area contributed by atoms with Crippen molar-refractivity contribution < 1.29 is 14.7 Å². The number of aliphatic hydroxyl groups is 1. The number of piperidine rings is 1. The van der Waals surface area contributed by atoms with Crippen LogP contribution in [-0.4, -0.2) is 28.4 Å². The van der Waals surface area contributed by atoms with Crippen molar-refractivity contribution in [2.45, 2.75) is 33.2 Å². The molecule has 1 aromatic heterocycles. The Bertz CT molecular complexity index is 572. The predicted molar refractivity (Wildman–Crippen MR) is 76.9 cm³/mol. The summed E-state index contributed by atoms with van der Waals surface area (Å²) in [5.74, 6) is 5.17. The molecular weight excluding hydrogens is 274 g/mol. The van der Waals surface area contributed by atoms with Crippen LogP contribution in [0.2, 0.25) is 0 Å². The molecule has 0 aromatic carbocycles. The van der Waals surface area contributed by atoms with Crippen LogP contribution in [0.4, 0.5) is 0 Å². The summed E-state index contributed by atoms with van der Waals surface area (Å²) < 4.78 is 0. The highest BCUT2D eigenvalue weighted by molar-refractivity contribution is 7.10. The second-order valence-corrected chi connectivity index (χ2v) is 6.65. The Labute approximate surface area is 122 Å². The summed E-state index contributed by atoms with van der Waals surface area (Å²) in [5.41, 5.74) is 0.564. The first-order valence-corrected chi connectivity index (χ1v) is 7.29. The van der Waals surface area contributed by atoms with Crippen LogP contribution < -0.4 is 0 Å². The average molecular weight is 291 g/mol. The Morgan fingerprint density at radius 1 is 1.35 bits per heavy atom. The molecule has 20 heavy (non-hydrogen) atoms. The Balaban J connectivity index is 2.08. The summed E-state index contributed by atoms with van der Waals surface area (Å²) in [6.07, 6.45) is 0.808. The van der Waals surface area contributed by atoms with Crippen molar-refractivity contribution >= 4 is 23.2 Å². The van der Waals surface area contributed by atoms with E-state index in [0.29, 0.717) is 19.4 Å². The third-order valence-electron chi connectivity index (χ3n) is 3.14. The Hall–Kier alpha value is -1.64. The van der Waals surface area contributed by atoms with Crippen molar-refractivity contribution in [2.24, 2.45) is 5.41 Å². The monoisotopic (exact) mass is 291 g/mol. The third kappa shape index (κ3) is 3.47. The zero-order valence-electron chi connectivity index (χ0n) is 11.6. The summed E-state index contributed by atoms with van der Waals surface area (Å²) in [6, 6.07) is 1.85. The van der Waals surface area contributed by atoms with Crippen molar-refractivity contribution in [3.8, 4) is 11.8 Å². The molecule has 0 atom stereocenters. The van der Waals surface area contributed by atoms with Gasteiger partial charge in [-0.3, -0.25) is 14.5 Å². The minimum atomic E-state index is -0.238. The number of carbonyl (C=O) groups is 2. The minimum Gasteiger partial charge on any atom is -0.384 e. The van der Waals surface area contributed by atoms with Gasteiger partial charge >= 0.3 is 0 Å². The summed E-state index contributed by atoms with van der Waals surface area (Å²) in [6.45, 7) is 4.02. The van der Waals surface area contributed by atoms with E-state index in [9.17, 15) is 9.59 Å². The van der Waals surface area contributed by atoms with Crippen molar-refractivity contribution in [3.63, 3.8) is 0 Å². The number of aliphatic hydroxyl groups excluding tert-OH is 1. The number of hydrogen-bond donors (Lipinski definition) is 1. The largest absolute Gasteiger partial charge is 0.384 e. The van der Waals surface area contributed by atoms with Gasteiger partial charge in [-0.25, -0.2) is 0 Å². The van der Waals surface area contributed by atoms with Crippen LogP contribution in [0.1, 0.15) is 37.1 Å². The first kappa shape index (κ1) is 14.8. The maximum absolute atomic E-state index is 12.1. The minimum absolute atomic E-state index is 0.109. The molecule has 1 fully saturated rings. The van der Waals surface area contributed by atoms with E-state index in [1.165, 1.54) is 16.2 Å². The van der Waals surface area contributed by atoms with Crippen molar-refractivity contribution in [2.75, 3.05) is 6.61 Å². The van der Waals surface area contributed by atoms with Gasteiger partial charge in [0.05, 0.1) is 6.54 Å². The molecule has 1 saturated heterocycles. The van der Waals surface area contributed by atoms with E-state index < -0.39 is 0 Å². The van der Waals surface area contributed by atoms with Gasteiger partial charge in [0.1, 0.15) is 6.61 Å². The molecule has 0 unspecified atom stereocenters. The molecule has 0 radical (unpaired) electrons. The van der Waals surface area contributed by atoms with Crippen molar-refractivity contribution in [1.82, 2.24) is 4.90 Å². The highest BCUT2D eigenvalue weighted by Gasteiger charge is 2.37. The highest BCUT2D eigenvalue weighted by atomic mass is 32.1. The van der Waals surface area contributed by atoms with E-state index >= 15 is 0 Å². The number of imide groups is 1. The zero-order valence-corrected chi connectivity index (χ0v) is 12.4. The van der Waals surface area contributed by atoms with Gasteiger partial charge in [0.2, 0.25) is 11.8 Å². The number of carbonyl (C=O) groups excluding carboxylic acids is 2. The molecule has 5 heteroatoms. The molecule has 1 aliphatic heterocycles. The molecular formula is C15H17NO3S. The van der Waals surface area contributed by atoms with Gasteiger partial charge in [0, 0.05) is 28.7 Å². The molecule has 1 N–H and O–H groups in total. The average Bonchev–Trinajstić information content (AvgIpc) is 2.78. The third-order valence-corrected chi connectivity index (χ3v) is 4.06. The molecule has 1 aromatic rings. The Morgan fingerprint density at radius 3 is 2.60 bits per heavy atom. The first-order valence-electron chi connectivity index (χ1n) is 6.42. The SMILES string of the molecule is CC1(C)CC(=O)N(Cc2cc(C#CCO)cs2)C(=O)C1. The van der Waals surface area contributed by atoms with Crippen LogP contribution in [0.5, 0.6) is 0 Å². The normalized spacial score (nSPS) is 17.9. The molecule has 0 spiro atoms. The van der Waals surface area contributed by atoms with E-state index in [-0.39, 0.29) is 23.8 Å². The second kappa shape index (κ2) is 5.78. The number of hydrogen-bond acceptors (Lipinski definition) is 4. The number of amides is 2. The number of nitrogens with zero attached hydrogens (tertiary/aromatic N) is 1. The van der Waals surface area contributed by atoms with Crippen molar-refractivity contribution in [1.29, 1.82) is 0 Å². The lowest BCUT2D eigenvalue weighted by Crippen LogP contribution is -2.45. The Kier molecular flexibility index (Phi) is 4.26. The molecule has 0 aliphatic carbocycles. The zero-order chi connectivity index (χ0) is 14.8. The lowest BCUT2D eigenvalue weighted by atomic mass is 9.82. The van der Waals surface area contributed by atoms with Gasteiger partial charge in [-0.15, -0.1) is 11.3 Å². The fourth-order valence-electron chi connectivity index (χ4n) is 2.21. The van der Waals surface area contributed by atoms with Gasteiger partial charge in [0.25, 0.3) is 0 Å². The van der Waals surface area contributed by atoms with E-state index in [2.05, 4.69) is 11.8 Å². The fourth-order valence-corrected chi connectivity index (χ4v) is 3.02. The molecule has 2 rings (SSSR count). The van der Waals surface area contributed by atoms with Crippen molar-refractivity contribution in [3.05, 3.63) is 21.9 Å². The molecule has 2 heterocycles. The highest BCUT2D eigenvalue weighted by Crippen LogP contribution is 2.32. The lowest BCUT2D eigenvalue weighted by molar-refractivity contribution is -0.153. The molecule has 106 valence electrons. The van der Waals surface area contributed by atoms with Crippen LogP contribution in [0.25, 0.3) is 0 Å². The van der Waals surface area contributed by atoms with E-state index in [1.807, 2.05) is 25.3 Å². The smallest absolute Gasteiger partial charge is 0.230 e. The van der Waals surface area contributed by atoms with E-state index in [4.69, 9.17) is 5.11 Å². The Morgan fingerprint density at radius 2 is 2.00 bits per heavy atom. The molecule has 0 bridgehead atoms. The molecule has 4 nitrogen and oxygen atoms in total. The van der Waals surface area contributed by atoms with Crippen LogP contribution in [0.3, 0.4) is 0 Å². The summed E-state index contributed by atoms with van der Waals surface area (Å²) >= 11 is 1.47. The molecule has 2 amide bonds. The first-order chi connectivity index (χ1) is 9.41. The van der Waals surface area contributed by atoms with E-state index in [0.717, 1.165) is 10.4 Å². The second-order valence-electron chi connectivity index (χ2n) is 5.65.